The minimum Gasteiger partial charge on any atom is -0.501 e. The monoisotopic (exact) mass is 190 g/mol. The number of halogens is 1. The molecule has 0 aromatic carbocycles. The van der Waals surface area contributed by atoms with Crippen molar-refractivity contribution >= 4 is 15.9 Å². The lowest BCUT2D eigenvalue weighted by atomic mass is 10.5. The molecule has 1 N–H and O–H groups in total. The Hall–Kier alpha value is -0.770. The summed E-state index contributed by atoms with van der Waals surface area (Å²) in [7, 11) is 0. The van der Waals surface area contributed by atoms with E-state index in [0.29, 0.717) is 0 Å². The van der Waals surface area contributed by atoms with Gasteiger partial charge in [0.2, 0.25) is 15.8 Å². The zero-order valence-corrected chi connectivity index (χ0v) is 5.88. The van der Waals surface area contributed by atoms with Gasteiger partial charge in [0.25, 0.3) is 0 Å². The first-order valence-corrected chi connectivity index (χ1v) is 2.97. The maximum absolute atomic E-state index is 10.5. The predicted octanol–water partition coefficient (Wildman–Crippen LogP) is 1.11. The lowest BCUT2D eigenvalue weighted by Crippen LogP contribution is -1.95. The largest absolute Gasteiger partial charge is 0.501 e. The van der Waals surface area contributed by atoms with Gasteiger partial charge in [-0.1, -0.05) is 0 Å². The first-order chi connectivity index (χ1) is 4.22. The van der Waals surface area contributed by atoms with Gasteiger partial charge in [-0.25, -0.2) is 0 Å². The second-order valence-electron chi connectivity index (χ2n) is 1.41. The second kappa shape index (κ2) is 2.23. The standard InChI is InChI=1S/C5H3BrO3/c6-5-4(8)3(7)1-2-9-5/h1-2,8H. The molecule has 3 nitrogen and oxygen atoms in total. The fraction of sp³-hybridized carbons (Fsp3) is 0. The summed E-state index contributed by atoms with van der Waals surface area (Å²) in [6, 6.07) is 1.14. The first-order valence-electron chi connectivity index (χ1n) is 2.18. The minimum atomic E-state index is -0.451. The van der Waals surface area contributed by atoms with Gasteiger partial charge in [0.1, 0.15) is 0 Å². The molecule has 1 aromatic rings. The van der Waals surface area contributed by atoms with Crippen LogP contribution in [0, 0.1) is 0 Å². The van der Waals surface area contributed by atoms with Crippen LogP contribution < -0.4 is 5.43 Å². The van der Waals surface area contributed by atoms with Crippen LogP contribution in [0.1, 0.15) is 0 Å². The first kappa shape index (κ1) is 6.35. The molecule has 0 aliphatic heterocycles. The van der Waals surface area contributed by atoms with Crippen molar-refractivity contribution in [2.45, 2.75) is 0 Å². The molecule has 0 bridgehead atoms. The van der Waals surface area contributed by atoms with Crippen molar-refractivity contribution in [3.05, 3.63) is 27.2 Å². The Morgan fingerprint density at radius 1 is 1.67 bits per heavy atom. The van der Waals surface area contributed by atoms with E-state index in [4.69, 9.17) is 5.11 Å². The Kier molecular flexibility index (Phi) is 1.57. The number of hydrogen-bond acceptors (Lipinski definition) is 3. The molecule has 1 rings (SSSR count). The Labute approximate surface area is 59.1 Å². The molecule has 0 aliphatic rings. The molecular weight excluding hydrogens is 188 g/mol. The molecule has 0 saturated carbocycles. The molecule has 4 heteroatoms. The van der Waals surface area contributed by atoms with Crippen molar-refractivity contribution in [3.8, 4) is 5.75 Å². The van der Waals surface area contributed by atoms with Crippen LogP contribution in [-0.4, -0.2) is 5.11 Å². The third-order valence-corrected chi connectivity index (χ3v) is 1.37. The van der Waals surface area contributed by atoms with Crippen molar-refractivity contribution in [1.82, 2.24) is 0 Å². The summed E-state index contributed by atoms with van der Waals surface area (Å²) in [5, 5.41) is 8.75. The molecule has 0 aliphatic carbocycles. The van der Waals surface area contributed by atoms with Gasteiger partial charge in [0, 0.05) is 6.07 Å². The summed E-state index contributed by atoms with van der Waals surface area (Å²) >= 11 is 2.83. The Morgan fingerprint density at radius 3 is 2.78 bits per heavy atom. The van der Waals surface area contributed by atoms with Crippen LogP contribution in [-0.2, 0) is 0 Å². The number of hydrogen-bond donors (Lipinski definition) is 1. The van der Waals surface area contributed by atoms with Crippen LogP contribution in [0.2, 0.25) is 0 Å². The fourth-order valence-corrected chi connectivity index (χ4v) is 0.690. The molecule has 9 heavy (non-hydrogen) atoms. The van der Waals surface area contributed by atoms with Gasteiger partial charge in [0.15, 0.2) is 0 Å². The van der Waals surface area contributed by atoms with E-state index in [1.165, 1.54) is 6.26 Å². The summed E-state index contributed by atoms with van der Waals surface area (Å²) in [6.45, 7) is 0. The molecule has 0 amide bonds. The van der Waals surface area contributed by atoms with Crippen LogP contribution in [0.15, 0.2) is 26.2 Å². The van der Waals surface area contributed by atoms with E-state index in [1.54, 1.807) is 0 Å². The molecule has 0 spiro atoms. The van der Waals surface area contributed by atoms with Gasteiger partial charge < -0.3 is 9.52 Å². The van der Waals surface area contributed by atoms with Gasteiger partial charge in [-0.2, -0.15) is 0 Å². The molecule has 48 valence electrons. The van der Waals surface area contributed by atoms with Crippen LogP contribution in [0.25, 0.3) is 0 Å². The van der Waals surface area contributed by atoms with Crippen molar-refractivity contribution in [2.24, 2.45) is 0 Å². The highest BCUT2D eigenvalue weighted by molar-refractivity contribution is 9.10. The van der Waals surface area contributed by atoms with Crippen LogP contribution in [0.4, 0.5) is 0 Å². The number of rotatable bonds is 0. The maximum atomic E-state index is 10.5. The molecule has 0 fully saturated rings. The maximum Gasteiger partial charge on any atom is 0.227 e. The van der Waals surface area contributed by atoms with Gasteiger partial charge in [-0.15, -0.1) is 0 Å². The Morgan fingerprint density at radius 2 is 2.33 bits per heavy atom. The Bertz CT molecular complexity index is 265. The fourth-order valence-electron chi connectivity index (χ4n) is 0.387. The van der Waals surface area contributed by atoms with Crippen LogP contribution in [0.5, 0.6) is 5.75 Å². The SMILES string of the molecule is O=c1ccoc(Br)c1O. The van der Waals surface area contributed by atoms with E-state index < -0.39 is 11.2 Å². The van der Waals surface area contributed by atoms with Gasteiger partial charge in [-0.05, 0) is 15.9 Å². The van der Waals surface area contributed by atoms with Gasteiger partial charge >= 0.3 is 0 Å². The Balaban J connectivity index is 3.43. The highest BCUT2D eigenvalue weighted by atomic mass is 79.9. The molecule has 1 aromatic heterocycles. The van der Waals surface area contributed by atoms with Crippen molar-refractivity contribution in [1.29, 1.82) is 0 Å². The molecule has 0 unspecified atom stereocenters. The second-order valence-corrected chi connectivity index (χ2v) is 2.13. The van der Waals surface area contributed by atoms with Crippen molar-refractivity contribution < 1.29 is 9.52 Å². The minimum absolute atomic E-state index is 0.0648. The van der Waals surface area contributed by atoms with E-state index >= 15 is 0 Å². The van der Waals surface area contributed by atoms with Crippen LogP contribution >= 0.6 is 15.9 Å². The lowest BCUT2D eigenvalue weighted by molar-refractivity contribution is 0.414. The third-order valence-electron chi connectivity index (χ3n) is 0.810. The average molecular weight is 191 g/mol. The predicted molar refractivity (Wildman–Crippen MR) is 34.3 cm³/mol. The lowest BCUT2D eigenvalue weighted by Gasteiger charge is -1.89. The molecule has 0 saturated heterocycles. The van der Waals surface area contributed by atoms with E-state index in [0.717, 1.165) is 6.07 Å². The van der Waals surface area contributed by atoms with E-state index in [-0.39, 0.29) is 4.67 Å². The summed E-state index contributed by atoms with van der Waals surface area (Å²) < 4.78 is 4.67. The highest BCUT2D eigenvalue weighted by Crippen LogP contribution is 2.16. The molecular formula is C5H3BrO3. The van der Waals surface area contributed by atoms with Crippen LogP contribution in [0.3, 0.4) is 0 Å². The van der Waals surface area contributed by atoms with E-state index in [1.807, 2.05) is 0 Å². The quantitative estimate of drug-likeness (QED) is 0.667. The normalized spacial score (nSPS) is 9.44. The summed E-state index contributed by atoms with van der Waals surface area (Å²) in [5.74, 6) is -0.391. The third kappa shape index (κ3) is 1.13. The highest BCUT2D eigenvalue weighted by Gasteiger charge is 2.00. The van der Waals surface area contributed by atoms with Crippen molar-refractivity contribution in [2.75, 3.05) is 0 Å². The number of aromatic hydroxyl groups is 1. The molecule has 1 heterocycles. The smallest absolute Gasteiger partial charge is 0.227 e. The summed E-state index contributed by atoms with van der Waals surface area (Å²) in [6.07, 6.45) is 1.20. The van der Waals surface area contributed by atoms with Gasteiger partial charge in [0.05, 0.1) is 6.26 Å². The van der Waals surface area contributed by atoms with Gasteiger partial charge in [-0.3, -0.25) is 4.79 Å². The molecule has 0 radical (unpaired) electrons. The van der Waals surface area contributed by atoms with E-state index in [9.17, 15) is 4.79 Å². The zero-order valence-electron chi connectivity index (χ0n) is 4.30. The van der Waals surface area contributed by atoms with E-state index in [2.05, 4.69) is 20.3 Å². The topological polar surface area (TPSA) is 50.4 Å². The molecule has 0 atom stereocenters. The average Bonchev–Trinajstić information content (AvgIpc) is 1.83. The van der Waals surface area contributed by atoms with Crippen molar-refractivity contribution in [3.63, 3.8) is 0 Å². The summed E-state index contributed by atoms with van der Waals surface area (Å²) in [4.78, 5) is 10.5. The zero-order chi connectivity index (χ0) is 6.85. The summed E-state index contributed by atoms with van der Waals surface area (Å²) in [5.41, 5.74) is -0.451.